The number of aromatic nitrogens is 2. The Morgan fingerprint density at radius 2 is 1.73 bits per heavy atom. The predicted octanol–water partition coefficient (Wildman–Crippen LogP) is 4.86. The van der Waals surface area contributed by atoms with Crippen LogP contribution in [0.25, 0.3) is 0 Å². The van der Waals surface area contributed by atoms with Gasteiger partial charge in [-0.15, -0.1) is 10.2 Å². The molecule has 4 saturated carbocycles. The Bertz CT molecular complexity index is 598. The molecule has 0 saturated heterocycles. The minimum Gasteiger partial charge on any atom is -0.355 e. The summed E-state index contributed by atoms with van der Waals surface area (Å²) >= 11 is 5.01. The molecule has 0 aromatic carbocycles. The van der Waals surface area contributed by atoms with Gasteiger partial charge in [0.1, 0.15) is 0 Å². The van der Waals surface area contributed by atoms with E-state index in [4.69, 9.17) is 0 Å². The van der Waals surface area contributed by atoms with E-state index in [1.54, 1.807) is 11.3 Å². The fraction of sp³-hybridized carbons (Fsp3) is 0.842. The van der Waals surface area contributed by atoms with E-state index in [-0.39, 0.29) is 5.91 Å². The van der Waals surface area contributed by atoms with Gasteiger partial charge in [0.15, 0.2) is 8.68 Å². The van der Waals surface area contributed by atoms with Crippen molar-refractivity contribution in [1.29, 1.82) is 0 Å². The third-order valence-corrected chi connectivity index (χ3v) is 9.50. The molecule has 1 amide bonds. The molecular formula is C19H29N3OS3. The van der Waals surface area contributed by atoms with Crippen LogP contribution < -0.4 is 5.32 Å². The molecule has 0 unspecified atom stereocenters. The number of carbonyl (C=O) groups is 1. The van der Waals surface area contributed by atoms with Crippen molar-refractivity contribution in [1.82, 2.24) is 15.5 Å². The third-order valence-electron chi connectivity index (χ3n) is 6.31. The van der Waals surface area contributed by atoms with Gasteiger partial charge in [-0.25, -0.2) is 0 Å². The number of thioether (sulfide) groups is 2. The van der Waals surface area contributed by atoms with Crippen LogP contribution in [0.2, 0.25) is 0 Å². The van der Waals surface area contributed by atoms with Gasteiger partial charge < -0.3 is 5.32 Å². The zero-order chi connectivity index (χ0) is 18.0. The van der Waals surface area contributed by atoms with E-state index in [1.165, 1.54) is 62.5 Å². The number of amides is 1. The van der Waals surface area contributed by atoms with Crippen LogP contribution in [0.5, 0.6) is 0 Å². The SMILES string of the molecule is CCCNC(=O)CSc1nnc(SCCC23CC4CC(CC(C4)C2)C3)s1. The van der Waals surface area contributed by atoms with Gasteiger partial charge in [0.05, 0.1) is 5.75 Å². The highest BCUT2D eigenvalue weighted by atomic mass is 32.2. The molecule has 0 aliphatic heterocycles. The standard InChI is InChI=1S/C19H29N3OS3/c1-2-4-20-16(23)12-25-18-22-21-17(26-18)24-5-3-19-9-13-6-14(10-19)8-15(7-13)11-19/h13-15H,2-12H2,1H3,(H,20,23). The summed E-state index contributed by atoms with van der Waals surface area (Å²) in [5, 5.41) is 11.5. The van der Waals surface area contributed by atoms with E-state index in [0.717, 1.165) is 39.4 Å². The summed E-state index contributed by atoms with van der Waals surface area (Å²) in [7, 11) is 0. The van der Waals surface area contributed by atoms with Crippen molar-refractivity contribution < 1.29 is 4.79 Å². The maximum absolute atomic E-state index is 11.7. The quantitative estimate of drug-likeness (QED) is 0.588. The van der Waals surface area contributed by atoms with E-state index in [0.29, 0.717) is 11.2 Å². The molecule has 1 heterocycles. The molecule has 4 fully saturated rings. The van der Waals surface area contributed by atoms with Crippen molar-refractivity contribution in [3.8, 4) is 0 Å². The second-order valence-corrected chi connectivity index (χ2v) is 12.0. The van der Waals surface area contributed by atoms with Crippen LogP contribution in [0.4, 0.5) is 0 Å². The number of rotatable bonds is 9. The Labute approximate surface area is 169 Å². The van der Waals surface area contributed by atoms with Crippen LogP contribution in [-0.4, -0.2) is 34.2 Å². The molecule has 1 aromatic heterocycles. The fourth-order valence-electron chi connectivity index (χ4n) is 5.71. The lowest BCUT2D eigenvalue weighted by molar-refractivity contribution is -0.118. The number of nitrogens with one attached hydrogen (secondary N) is 1. The number of carbonyl (C=O) groups excluding carboxylic acids is 1. The molecule has 4 nitrogen and oxygen atoms in total. The van der Waals surface area contributed by atoms with Gasteiger partial charge in [-0.2, -0.15) is 0 Å². The average molecular weight is 412 g/mol. The smallest absolute Gasteiger partial charge is 0.230 e. The second-order valence-electron chi connectivity index (χ2n) is 8.49. The largest absolute Gasteiger partial charge is 0.355 e. The third kappa shape index (κ3) is 4.58. The van der Waals surface area contributed by atoms with Crippen molar-refractivity contribution in [3.63, 3.8) is 0 Å². The molecule has 1 N–H and O–H groups in total. The van der Waals surface area contributed by atoms with E-state index in [9.17, 15) is 4.79 Å². The number of hydrogen-bond donors (Lipinski definition) is 1. The average Bonchev–Trinajstić information content (AvgIpc) is 3.04. The first-order chi connectivity index (χ1) is 12.6. The highest BCUT2D eigenvalue weighted by molar-refractivity contribution is 8.03. The first-order valence-electron chi connectivity index (χ1n) is 10.00. The molecule has 144 valence electrons. The molecule has 4 bridgehead atoms. The van der Waals surface area contributed by atoms with Gasteiger partial charge in [0.25, 0.3) is 0 Å². The highest BCUT2D eigenvalue weighted by Crippen LogP contribution is 2.61. The van der Waals surface area contributed by atoms with Crippen molar-refractivity contribution in [2.24, 2.45) is 23.2 Å². The summed E-state index contributed by atoms with van der Waals surface area (Å²) in [5.41, 5.74) is 0.654. The number of hydrogen-bond acceptors (Lipinski definition) is 6. The normalized spacial score (nSPS) is 32.1. The molecule has 5 rings (SSSR count). The molecule has 1 aromatic rings. The maximum Gasteiger partial charge on any atom is 0.230 e. The monoisotopic (exact) mass is 411 g/mol. The van der Waals surface area contributed by atoms with E-state index < -0.39 is 0 Å². The molecule has 26 heavy (non-hydrogen) atoms. The van der Waals surface area contributed by atoms with Crippen molar-refractivity contribution >= 4 is 40.8 Å². The molecule has 0 atom stereocenters. The minimum atomic E-state index is 0.0862. The van der Waals surface area contributed by atoms with Gasteiger partial charge >= 0.3 is 0 Å². The number of nitrogens with zero attached hydrogens (tertiary/aromatic N) is 2. The Morgan fingerprint density at radius 1 is 1.12 bits per heavy atom. The predicted molar refractivity (Wildman–Crippen MR) is 110 cm³/mol. The Kier molecular flexibility index (Phi) is 6.16. The Hall–Kier alpha value is -0.270. The molecular weight excluding hydrogens is 382 g/mol. The van der Waals surface area contributed by atoms with Crippen LogP contribution >= 0.6 is 34.9 Å². The van der Waals surface area contributed by atoms with Crippen molar-refractivity contribution in [2.45, 2.75) is 67.0 Å². The van der Waals surface area contributed by atoms with Crippen LogP contribution in [0.1, 0.15) is 58.3 Å². The highest BCUT2D eigenvalue weighted by Gasteiger charge is 2.50. The van der Waals surface area contributed by atoms with Crippen LogP contribution in [-0.2, 0) is 4.79 Å². The topological polar surface area (TPSA) is 54.9 Å². The fourth-order valence-corrected chi connectivity index (χ4v) is 8.81. The summed E-state index contributed by atoms with van der Waals surface area (Å²) < 4.78 is 1.97. The second kappa shape index (κ2) is 8.39. The van der Waals surface area contributed by atoms with Gasteiger partial charge in [0.2, 0.25) is 5.91 Å². The molecule has 0 radical (unpaired) electrons. The first kappa shape index (κ1) is 19.1. The van der Waals surface area contributed by atoms with Gasteiger partial charge in [-0.05, 0) is 74.5 Å². The summed E-state index contributed by atoms with van der Waals surface area (Å²) in [6.07, 6.45) is 11.4. The zero-order valence-corrected chi connectivity index (χ0v) is 18.0. The lowest BCUT2D eigenvalue weighted by Crippen LogP contribution is -2.46. The summed E-state index contributed by atoms with van der Waals surface area (Å²) in [6.45, 7) is 2.81. The summed E-state index contributed by atoms with van der Waals surface area (Å²) in [4.78, 5) is 11.7. The van der Waals surface area contributed by atoms with Crippen molar-refractivity contribution in [2.75, 3.05) is 18.1 Å². The summed E-state index contributed by atoms with van der Waals surface area (Å²) in [6, 6.07) is 0. The van der Waals surface area contributed by atoms with Gasteiger partial charge in [-0.1, -0.05) is 41.8 Å². The lowest BCUT2D eigenvalue weighted by Gasteiger charge is -2.57. The maximum atomic E-state index is 11.7. The van der Waals surface area contributed by atoms with Crippen LogP contribution in [0.15, 0.2) is 8.68 Å². The van der Waals surface area contributed by atoms with Crippen molar-refractivity contribution in [3.05, 3.63) is 0 Å². The summed E-state index contributed by atoms with van der Waals surface area (Å²) in [5.74, 6) is 4.80. The Morgan fingerprint density at radius 3 is 2.35 bits per heavy atom. The van der Waals surface area contributed by atoms with Crippen LogP contribution in [0, 0.1) is 23.2 Å². The molecule has 7 heteroatoms. The first-order valence-corrected chi connectivity index (χ1v) is 12.8. The van der Waals surface area contributed by atoms with E-state index in [1.807, 2.05) is 11.8 Å². The molecule has 4 aliphatic carbocycles. The Balaban J connectivity index is 1.21. The molecule has 0 spiro atoms. The van der Waals surface area contributed by atoms with Crippen LogP contribution in [0.3, 0.4) is 0 Å². The zero-order valence-electron chi connectivity index (χ0n) is 15.5. The van der Waals surface area contributed by atoms with E-state index >= 15 is 0 Å². The van der Waals surface area contributed by atoms with Gasteiger partial charge in [-0.3, -0.25) is 4.79 Å². The molecule has 4 aliphatic rings. The van der Waals surface area contributed by atoms with Gasteiger partial charge in [0, 0.05) is 12.3 Å². The van der Waals surface area contributed by atoms with E-state index in [2.05, 4.69) is 22.4 Å². The lowest BCUT2D eigenvalue weighted by atomic mass is 9.49. The minimum absolute atomic E-state index is 0.0862.